The molecule has 0 saturated carbocycles. The molecule has 0 unspecified atom stereocenters. The Kier molecular flexibility index (Phi) is 3.27. The summed E-state index contributed by atoms with van der Waals surface area (Å²) in [6, 6.07) is 7.57. The lowest BCUT2D eigenvalue weighted by Crippen LogP contribution is -2.35. The van der Waals surface area contributed by atoms with E-state index in [0.717, 1.165) is 37.2 Å². The molecular formula is C14H16N4O. The normalized spacial score (nSPS) is 15.5. The second-order valence-electron chi connectivity index (χ2n) is 4.77. The first-order valence-corrected chi connectivity index (χ1v) is 6.59. The molecule has 0 radical (unpaired) electrons. The largest absolute Gasteiger partial charge is 0.339 e. The summed E-state index contributed by atoms with van der Waals surface area (Å²) in [5.41, 5.74) is 1.71. The van der Waals surface area contributed by atoms with Gasteiger partial charge in [-0.05, 0) is 43.5 Å². The van der Waals surface area contributed by atoms with Gasteiger partial charge in [0.25, 0.3) is 5.91 Å². The molecule has 1 aromatic heterocycles. The van der Waals surface area contributed by atoms with Gasteiger partial charge in [0, 0.05) is 24.3 Å². The lowest BCUT2D eigenvalue weighted by atomic mass is 10.1. The molecule has 0 spiro atoms. The van der Waals surface area contributed by atoms with E-state index in [1.807, 2.05) is 33.7 Å². The molecule has 1 aliphatic heterocycles. The lowest BCUT2D eigenvalue weighted by Gasteiger charge is -2.26. The highest BCUT2D eigenvalue weighted by Crippen LogP contribution is 2.15. The average molecular weight is 256 g/mol. The molecule has 1 saturated heterocycles. The number of benzene rings is 1. The van der Waals surface area contributed by atoms with Crippen LogP contribution >= 0.6 is 0 Å². The number of hydrogen-bond donors (Lipinski definition) is 0. The summed E-state index contributed by atoms with van der Waals surface area (Å²) >= 11 is 0. The van der Waals surface area contributed by atoms with Crippen LogP contribution in [0.4, 0.5) is 0 Å². The van der Waals surface area contributed by atoms with E-state index in [9.17, 15) is 4.79 Å². The van der Waals surface area contributed by atoms with Gasteiger partial charge in [0.2, 0.25) is 0 Å². The Bertz CT molecular complexity index is 541. The number of amides is 1. The predicted octanol–water partition coefficient (Wildman–Crippen LogP) is 1.89. The average Bonchev–Trinajstić information content (AvgIpc) is 3.02. The standard InChI is InChI=1S/C14H16N4O/c19-14(17-8-2-1-3-9-17)12-4-6-13(7-5-12)18-10-15-16-11-18/h4-7,10-11H,1-3,8-9H2. The summed E-state index contributed by atoms with van der Waals surface area (Å²) in [4.78, 5) is 14.2. The van der Waals surface area contributed by atoms with Gasteiger partial charge in [0.05, 0.1) is 0 Å². The zero-order valence-electron chi connectivity index (χ0n) is 10.7. The van der Waals surface area contributed by atoms with Crippen LogP contribution in [0.3, 0.4) is 0 Å². The smallest absolute Gasteiger partial charge is 0.253 e. The first-order valence-electron chi connectivity index (χ1n) is 6.59. The van der Waals surface area contributed by atoms with Crippen LogP contribution in [0, 0.1) is 0 Å². The molecule has 2 heterocycles. The number of piperidine rings is 1. The van der Waals surface area contributed by atoms with Gasteiger partial charge in [0.1, 0.15) is 12.7 Å². The summed E-state index contributed by atoms with van der Waals surface area (Å²) in [6.07, 6.45) is 6.74. The molecule has 0 aliphatic carbocycles. The van der Waals surface area contributed by atoms with Gasteiger partial charge in [-0.15, -0.1) is 10.2 Å². The van der Waals surface area contributed by atoms with Crippen molar-refractivity contribution in [2.24, 2.45) is 0 Å². The molecule has 0 bridgehead atoms. The van der Waals surface area contributed by atoms with Crippen molar-refractivity contribution < 1.29 is 4.79 Å². The molecule has 5 nitrogen and oxygen atoms in total. The molecular weight excluding hydrogens is 240 g/mol. The number of likely N-dealkylation sites (tertiary alicyclic amines) is 1. The molecule has 5 heteroatoms. The molecule has 1 fully saturated rings. The van der Waals surface area contributed by atoms with E-state index in [-0.39, 0.29) is 5.91 Å². The minimum absolute atomic E-state index is 0.134. The number of nitrogens with zero attached hydrogens (tertiary/aromatic N) is 4. The Morgan fingerprint density at radius 1 is 0.947 bits per heavy atom. The number of aromatic nitrogens is 3. The van der Waals surface area contributed by atoms with Crippen molar-refractivity contribution in [1.82, 2.24) is 19.7 Å². The van der Waals surface area contributed by atoms with Crippen LogP contribution in [-0.2, 0) is 0 Å². The van der Waals surface area contributed by atoms with Crippen molar-refractivity contribution in [3.8, 4) is 5.69 Å². The topological polar surface area (TPSA) is 51.0 Å². The molecule has 0 N–H and O–H groups in total. The molecule has 3 rings (SSSR count). The Morgan fingerprint density at radius 3 is 2.21 bits per heavy atom. The molecule has 19 heavy (non-hydrogen) atoms. The van der Waals surface area contributed by atoms with Gasteiger partial charge in [-0.3, -0.25) is 9.36 Å². The minimum Gasteiger partial charge on any atom is -0.339 e. The maximum Gasteiger partial charge on any atom is 0.253 e. The van der Waals surface area contributed by atoms with Crippen molar-refractivity contribution in [3.63, 3.8) is 0 Å². The van der Waals surface area contributed by atoms with Crippen molar-refractivity contribution in [1.29, 1.82) is 0 Å². The van der Waals surface area contributed by atoms with Crippen LogP contribution in [0.25, 0.3) is 5.69 Å². The summed E-state index contributed by atoms with van der Waals surface area (Å²) < 4.78 is 1.81. The molecule has 98 valence electrons. The van der Waals surface area contributed by atoms with E-state index in [4.69, 9.17) is 0 Å². The Morgan fingerprint density at radius 2 is 1.58 bits per heavy atom. The molecule has 2 aromatic rings. The van der Waals surface area contributed by atoms with Crippen molar-refractivity contribution in [2.75, 3.05) is 13.1 Å². The second-order valence-corrected chi connectivity index (χ2v) is 4.77. The zero-order chi connectivity index (χ0) is 13.1. The SMILES string of the molecule is O=C(c1ccc(-n2cnnc2)cc1)N1CCCCC1. The van der Waals surface area contributed by atoms with Crippen LogP contribution in [0.15, 0.2) is 36.9 Å². The maximum absolute atomic E-state index is 12.3. The van der Waals surface area contributed by atoms with E-state index in [0.29, 0.717) is 0 Å². The van der Waals surface area contributed by atoms with E-state index in [1.54, 1.807) is 12.7 Å². The quantitative estimate of drug-likeness (QED) is 0.824. The number of rotatable bonds is 2. The second kappa shape index (κ2) is 5.22. The maximum atomic E-state index is 12.3. The highest BCUT2D eigenvalue weighted by Gasteiger charge is 2.17. The summed E-state index contributed by atoms with van der Waals surface area (Å²) in [7, 11) is 0. The van der Waals surface area contributed by atoms with Gasteiger partial charge in [0.15, 0.2) is 0 Å². The fourth-order valence-corrected chi connectivity index (χ4v) is 2.39. The van der Waals surface area contributed by atoms with E-state index >= 15 is 0 Å². The van der Waals surface area contributed by atoms with Gasteiger partial charge in [-0.25, -0.2) is 0 Å². The first-order chi connectivity index (χ1) is 9.34. The third-order valence-electron chi connectivity index (χ3n) is 3.47. The molecule has 1 aliphatic rings. The Hall–Kier alpha value is -2.17. The van der Waals surface area contributed by atoms with Crippen LogP contribution in [0.2, 0.25) is 0 Å². The third-order valence-corrected chi connectivity index (χ3v) is 3.47. The monoisotopic (exact) mass is 256 g/mol. The van der Waals surface area contributed by atoms with Crippen LogP contribution < -0.4 is 0 Å². The summed E-state index contributed by atoms with van der Waals surface area (Å²) in [5, 5.41) is 7.53. The predicted molar refractivity (Wildman–Crippen MR) is 71.1 cm³/mol. The van der Waals surface area contributed by atoms with Gasteiger partial charge >= 0.3 is 0 Å². The summed E-state index contributed by atoms with van der Waals surface area (Å²) in [5.74, 6) is 0.134. The Labute approximate surface area is 111 Å². The van der Waals surface area contributed by atoms with E-state index < -0.39 is 0 Å². The van der Waals surface area contributed by atoms with E-state index in [1.165, 1.54) is 6.42 Å². The van der Waals surface area contributed by atoms with Crippen LogP contribution in [0.5, 0.6) is 0 Å². The van der Waals surface area contributed by atoms with Gasteiger partial charge in [-0.2, -0.15) is 0 Å². The molecule has 1 aromatic carbocycles. The van der Waals surface area contributed by atoms with Crippen molar-refractivity contribution >= 4 is 5.91 Å². The minimum atomic E-state index is 0.134. The highest BCUT2D eigenvalue weighted by atomic mass is 16.2. The van der Waals surface area contributed by atoms with Gasteiger partial charge in [-0.1, -0.05) is 0 Å². The summed E-state index contributed by atoms with van der Waals surface area (Å²) in [6.45, 7) is 1.76. The fourth-order valence-electron chi connectivity index (χ4n) is 2.39. The van der Waals surface area contributed by atoms with E-state index in [2.05, 4.69) is 10.2 Å². The van der Waals surface area contributed by atoms with Gasteiger partial charge < -0.3 is 4.90 Å². The highest BCUT2D eigenvalue weighted by molar-refractivity contribution is 5.94. The first kappa shape index (κ1) is 11.9. The molecule has 0 atom stereocenters. The number of carbonyl (C=O) groups excluding carboxylic acids is 1. The fraction of sp³-hybridized carbons (Fsp3) is 0.357. The van der Waals surface area contributed by atoms with Crippen molar-refractivity contribution in [2.45, 2.75) is 19.3 Å². The zero-order valence-corrected chi connectivity index (χ0v) is 10.7. The Balaban J connectivity index is 1.76. The lowest BCUT2D eigenvalue weighted by molar-refractivity contribution is 0.0724. The van der Waals surface area contributed by atoms with Crippen LogP contribution in [-0.4, -0.2) is 38.7 Å². The number of hydrogen-bond acceptors (Lipinski definition) is 3. The van der Waals surface area contributed by atoms with Crippen molar-refractivity contribution in [3.05, 3.63) is 42.5 Å². The van der Waals surface area contributed by atoms with Crippen LogP contribution in [0.1, 0.15) is 29.6 Å². The molecule has 1 amide bonds. The third kappa shape index (κ3) is 2.50. The number of carbonyl (C=O) groups is 1.